The number of benzene rings is 6. The Balaban J connectivity index is 1.35. The van der Waals surface area contributed by atoms with Crippen LogP contribution in [0.4, 0.5) is 22.7 Å². The zero-order valence-electron chi connectivity index (χ0n) is 27.2. The first-order chi connectivity index (χ1) is 22.4. The van der Waals surface area contributed by atoms with E-state index < -0.39 is 0 Å². The molecule has 1 atom stereocenters. The molecule has 0 N–H and O–H groups in total. The molecule has 2 aliphatic carbocycles. The minimum atomic E-state index is 0.220. The molecule has 1 unspecified atom stereocenters. The largest absolute Gasteiger partial charge is 0.337 e. The van der Waals surface area contributed by atoms with E-state index in [2.05, 4.69) is 165 Å². The normalized spacial score (nSPS) is 15.8. The molecule has 6 aromatic rings. The molecule has 2 heteroatoms. The van der Waals surface area contributed by atoms with Gasteiger partial charge in [0, 0.05) is 28.1 Å². The monoisotopic (exact) mass is 596 g/mol. The first-order valence-corrected chi connectivity index (χ1v) is 16.6. The lowest BCUT2D eigenvalue weighted by Crippen LogP contribution is -2.31. The molecule has 46 heavy (non-hydrogen) atoms. The second kappa shape index (κ2) is 11.4. The van der Waals surface area contributed by atoms with Crippen molar-refractivity contribution in [3.63, 3.8) is 0 Å². The third kappa shape index (κ3) is 4.90. The summed E-state index contributed by atoms with van der Waals surface area (Å²) in [6.07, 6.45) is 10.3. The fourth-order valence-corrected chi connectivity index (χ4v) is 7.44. The standard InChI is InChI=1S/C44H40N2/c1-29-5-17-35(18-6-29)45(36-19-7-30(2)8-20-36)41-27-15-33-14-26-40-42(28-16-34-13-25-39(41)43(33)44(34)40)46(37-21-9-31(3)10-22-37)38-23-11-32(4)12-24-38/h5-11,13-23,25-27,42H,12,24,28H2,1-4H3. The Morgan fingerprint density at radius 1 is 0.543 bits per heavy atom. The van der Waals surface area contributed by atoms with E-state index in [1.165, 1.54) is 83.0 Å². The molecule has 0 aliphatic heterocycles. The Morgan fingerprint density at radius 2 is 1.15 bits per heavy atom. The molecule has 0 bridgehead atoms. The van der Waals surface area contributed by atoms with Crippen LogP contribution in [-0.4, -0.2) is 0 Å². The molecule has 2 nitrogen and oxygen atoms in total. The number of aryl methyl sites for hydroxylation is 3. The van der Waals surface area contributed by atoms with Crippen LogP contribution in [0.5, 0.6) is 0 Å². The molecular weight excluding hydrogens is 556 g/mol. The Kier molecular flexibility index (Phi) is 7.02. The van der Waals surface area contributed by atoms with Crippen molar-refractivity contribution in [1.29, 1.82) is 0 Å². The van der Waals surface area contributed by atoms with Crippen LogP contribution in [0.25, 0.3) is 27.6 Å². The molecule has 0 saturated heterocycles. The quantitative estimate of drug-likeness (QED) is 0.189. The van der Waals surface area contributed by atoms with Gasteiger partial charge in [-0.05, 0) is 122 Å². The Labute approximate surface area is 272 Å². The number of rotatable bonds is 6. The molecule has 0 saturated carbocycles. The van der Waals surface area contributed by atoms with Crippen LogP contribution in [-0.2, 0) is 0 Å². The summed E-state index contributed by atoms with van der Waals surface area (Å²) < 4.78 is 0. The van der Waals surface area contributed by atoms with Gasteiger partial charge in [0.25, 0.3) is 0 Å². The minimum absolute atomic E-state index is 0.220. The topological polar surface area (TPSA) is 6.48 Å². The van der Waals surface area contributed by atoms with Gasteiger partial charge in [-0.25, -0.2) is 0 Å². The highest BCUT2D eigenvalue weighted by Gasteiger charge is 2.29. The van der Waals surface area contributed by atoms with Gasteiger partial charge in [0.05, 0.1) is 11.7 Å². The summed E-state index contributed by atoms with van der Waals surface area (Å²) >= 11 is 0. The first kappa shape index (κ1) is 28.4. The van der Waals surface area contributed by atoms with Crippen molar-refractivity contribution in [2.75, 3.05) is 9.80 Å². The highest BCUT2D eigenvalue weighted by molar-refractivity contribution is 6.17. The van der Waals surface area contributed by atoms with Crippen LogP contribution in [0, 0.1) is 20.8 Å². The zero-order valence-corrected chi connectivity index (χ0v) is 27.2. The van der Waals surface area contributed by atoms with E-state index in [0.29, 0.717) is 0 Å². The average molecular weight is 597 g/mol. The van der Waals surface area contributed by atoms with E-state index in [4.69, 9.17) is 0 Å². The molecule has 8 rings (SSSR count). The summed E-state index contributed by atoms with van der Waals surface area (Å²) in [6, 6.07) is 41.2. The fraction of sp³-hybridized carbons (Fsp3) is 0.182. The Bertz CT molecular complexity index is 2150. The molecule has 6 aromatic carbocycles. The highest BCUT2D eigenvalue weighted by atomic mass is 15.2. The van der Waals surface area contributed by atoms with Crippen molar-refractivity contribution in [2.24, 2.45) is 0 Å². The number of hydrogen-bond donors (Lipinski definition) is 0. The van der Waals surface area contributed by atoms with E-state index in [9.17, 15) is 0 Å². The molecule has 226 valence electrons. The van der Waals surface area contributed by atoms with Crippen molar-refractivity contribution in [2.45, 2.75) is 53.0 Å². The van der Waals surface area contributed by atoms with Crippen molar-refractivity contribution < 1.29 is 0 Å². The van der Waals surface area contributed by atoms with Gasteiger partial charge in [0.1, 0.15) is 0 Å². The van der Waals surface area contributed by atoms with Gasteiger partial charge in [0.2, 0.25) is 0 Å². The van der Waals surface area contributed by atoms with E-state index >= 15 is 0 Å². The summed E-state index contributed by atoms with van der Waals surface area (Å²) in [6.45, 7) is 8.72. The molecule has 0 amide bonds. The second-order valence-corrected chi connectivity index (χ2v) is 13.3. The van der Waals surface area contributed by atoms with Gasteiger partial charge in [-0.15, -0.1) is 0 Å². The smallest absolute Gasteiger partial charge is 0.0629 e. The minimum Gasteiger partial charge on any atom is -0.337 e. The summed E-state index contributed by atoms with van der Waals surface area (Å²) in [5, 5.41) is 6.66. The summed E-state index contributed by atoms with van der Waals surface area (Å²) in [5.74, 6) is 0. The van der Waals surface area contributed by atoms with Gasteiger partial charge < -0.3 is 9.80 Å². The summed E-state index contributed by atoms with van der Waals surface area (Å²) in [7, 11) is 0. The maximum absolute atomic E-state index is 2.63. The van der Waals surface area contributed by atoms with Gasteiger partial charge in [-0.2, -0.15) is 0 Å². The molecule has 2 aliphatic rings. The predicted octanol–water partition coefficient (Wildman–Crippen LogP) is 11.5. The van der Waals surface area contributed by atoms with Crippen molar-refractivity contribution in [3.05, 3.63) is 160 Å². The maximum Gasteiger partial charge on any atom is 0.0629 e. The molecule has 0 heterocycles. The Hall–Kier alpha value is -5.08. The molecule has 0 spiro atoms. The maximum atomic E-state index is 2.63. The third-order valence-corrected chi connectivity index (χ3v) is 9.97. The van der Waals surface area contributed by atoms with Gasteiger partial charge in [0.15, 0.2) is 0 Å². The summed E-state index contributed by atoms with van der Waals surface area (Å²) in [5.41, 5.74) is 12.9. The van der Waals surface area contributed by atoms with Gasteiger partial charge in [-0.1, -0.05) is 101 Å². The van der Waals surface area contributed by atoms with Crippen molar-refractivity contribution in [3.8, 4) is 0 Å². The molecular formula is C44H40N2. The Morgan fingerprint density at radius 3 is 1.76 bits per heavy atom. The van der Waals surface area contributed by atoms with E-state index in [0.717, 1.165) is 19.3 Å². The van der Waals surface area contributed by atoms with E-state index in [1.807, 2.05) is 0 Å². The fourth-order valence-electron chi connectivity index (χ4n) is 7.44. The number of nitrogens with zero attached hydrogens (tertiary/aromatic N) is 2. The zero-order chi connectivity index (χ0) is 31.4. The van der Waals surface area contributed by atoms with E-state index in [1.54, 1.807) is 0 Å². The van der Waals surface area contributed by atoms with Crippen LogP contribution in [0.1, 0.15) is 54.5 Å². The van der Waals surface area contributed by atoms with Gasteiger partial charge >= 0.3 is 0 Å². The van der Waals surface area contributed by atoms with Crippen molar-refractivity contribution in [1.82, 2.24) is 0 Å². The van der Waals surface area contributed by atoms with E-state index in [-0.39, 0.29) is 6.04 Å². The van der Waals surface area contributed by atoms with Crippen LogP contribution < -0.4 is 15.0 Å². The van der Waals surface area contributed by atoms with Crippen LogP contribution in [0.3, 0.4) is 0 Å². The lowest BCUT2D eigenvalue weighted by molar-refractivity contribution is 0.669. The predicted molar refractivity (Wildman–Crippen MR) is 197 cm³/mol. The highest BCUT2D eigenvalue weighted by Crippen LogP contribution is 2.45. The second-order valence-electron chi connectivity index (χ2n) is 13.3. The first-order valence-electron chi connectivity index (χ1n) is 16.6. The van der Waals surface area contributed by atoms with Crippen LogP contribution in [0.15, 0.2) is 133 Å². The lowest BCUT2D eigenvalue weighted by atomic mass is 9.85. The average Bonchev–Trinajstić information content (AvgIpc) is 3.08. The van der Waals surface area contributed by atoms with Crippen molar-refractivity contribution >= 4 is 50.4 Å². The summed E-state index contributed by atoms with van der Waals surface area (Å²) in [4.78, 5) is 5.05. The van der Waals surface area contributed by atoms with Crippen LogP contribution in [0.2, 0.25) is 0 Å². The molecule has 0 aromatic heterocycles. The third-order valence-electron chi connectivity index (χ3n) is 9.97. The molecule has 0 radical (unpaired) electrons. The van der Waals surface area contributed by atoms with Crippen LogP contribution >= 0.6 is 0 Å². The molecule has 0 fully saturated rings. The number of anilines is 4. The van der Waals surface area contributed by atoms with Gasteiger partial charge in [-0.3, -0.25) is 0 Å². The number of hydrogen-bond acceptors (Lipinski definition) is 2. The lowest BCUT2D eigenvalue weighted by Gasteiger charge is -2.38. The number of allylic oxidation sites excluding steroid dienone is 4. The SMILES string of the molecule is CC1=CC=C(N(c2ccc(C)cc2)C2CC=c3ccc4c(N(c5ccc(C)cc5)c5ccc(C)cc5)ccc5ccc2c3c54)CC1.